The summed E-state index contributed by atoms with van der Waals surface area (Å²) in [5.74, 6) is 3.88. The van der Waals surface area contributed by atoms with Crippen LogP contribution in [0, 0.1) is 17.8 Å². The van der Waals surface area contributed by atoms with Crippen LogP contribution in [0.2, 0.25) is 0 Å². The molecule has 180 valence electrons. The number of aryl methyl sites for hydroxylation is 1. The van der Waals surface area contributed by atoms with E-state index in [-0.39, 0.29) is 0 Å². The molecular weight excluding hydrogens is 396 g/mol. The maximum Gasteiger partial charge on any atom is -0.0162 e. The lowest BCUT2D eigenvalue weighted by Crippen LogP contribution is -2.17. The van der Waals surface area contributed by atoms with E-state index in [0.717, 1.165) is 36.5 Å². The molecule has 0 amide bonds. The van der Waals surface area contributed by atoms with Gasteiger partial charge in [0.05, 0.1) is 0 Å². The van der Waals surface area contributed by atoms with Gasteiger partial charge in [-0.05, 0) is 84.1 Å². The van der Waals surface area contributed by atoms with E-state index in [2.05, 4.69) is 49.9 Å². The molecule has 0 spiro atoms. The minimum absolute atomic E-state index is 0.782. The van der Waals surface area contributed by atoms with Crippen molar-refractivity contribution in [1.29, 1.82) is 0 Å². The summed E-state index contributed by atoms with van der Waals surface area (Å²) in [5.41, 5.74) is 3.02. The third kappa shape index (κ3) is 7.21. The Morgan fingerprint density at radius 2 is 1.33 bits per heavy atom. The molecule has 0 radical (unpaired) electrons. The van der Waals surface area contributed by atoms with E-state index in [4.69, 9.17) is 0 Å². The summed E-state index contributed by atoms with van der Waals surface area (Å²) in [5, 5.41) is 2.82. The quantitative estimate of drug-likeness (QED) is 0.239. The molecule has 2 saturated carbocycles. The molecule has 0 heterocycles. The first kappa shape index (κ1) is 24.6. The molecule has 33 heavy (non-hydrogen) atoms. The molecule has 2 aromatic rings. The Morgan fingerprint density at radius 1 is 0.727 bits per heavy atom. The van der Waals surface area contributed by atoms with Crippen LogP contribution < -0.4 is 0 Å². The minimum Gasteiger partial charge on any atom is -0.103 e. The van der Waals surface area contributed by atoms with E-state index < -0.39 is 0 Å². The fraction of sp³-hybridized carbons (Fsp3) is 0.636. The van der Waals surface area contributed by atoms with Crippen molar-refractivity contribution in [3.8, 4) is 0 Å². The van der Waals surface area contributed by atoms with Gasteiger partial charge in [-0.3, -0.25) is 0 Å². The van der Waals surface area contributed by atoms with Gasteiger partial charge in [-0.25, -0.2) is 0 Å². The fourth-order valence-electron chi connectivity index (χ4n) is 6.74. The molecule has 2 aliphatic rings. The Morgan fingerprint density at radius 3 is 2.00 bits per heavy atom. The van der Waals surface area contributed by atoms with Crippen molar-refractivity contribution in [3.63, 3.8) is 0 Å². The molecule has 4 rings (SSSR count). The van der Waals surface area contributed by atoms with Crippen LogP contribution in [0.4, 0.5) is 0 Å². The van der Waals surface area contributed by atoms with Gasteiger partial charge in [-0.15, -0.1) is 6.58 Å². The second kappa shape index (κ2) is 12.8. The zero-order valence-corrected chi connectivity index (χ0v) is 21.4. The number of allylic oxidation sites excluding steroid dienone is 1. The highest BCUT2D eigenvalue weighted by Gasteiger charge is 2.25. The van der Waals surface area contributed by atoms with Crippen molar-refractivity contribution in [2.75, 3.05) is 0 Å². The van der Waals surface area contributed by atoms with Crippen molar-refractivity contribution in [1.82, 2.24) is 0 Å². The monoisotopic (exact) mass is 444 g/mol. The van der Waals surface area contributed by atoms with Gasteiger partial charge in [-0.2, -0.15) is 0 Å². The maximum absolute atomic E-state index is 3.86. The zero-order chi connectivity index (χ0) is 22.9. The number of hydrogen-bond acceptors (Lipinski definition) is 0. The lowest BCUT2D eigenvalue weighted by Gasteiger charge is -2.32. The van der Waals surface area contributed by atoms with Gasteiger partial charge in [0.15, 0.2) is 0 Å². The molecule has 2 aliphatic carbocycles. The van der Waals surface area contributed by atoms with Gasteiger partial charge in [0.2, 0.25) is 0 Å². The normalized spacial score (nSPS) is 25.8. The van der Waals surface area contributed by atoms with Gasteiger partial charge >= 0.3 is 0 Å². The van der Waals surface area contributed by atoms with Crippen LogP contribution >= 0.6 is 0 Å². The Bertz CT molecular complexity index is 845. The Kier molecular flexibility index (Phi) is 9.51. The molecule has 0 saturated heterocycles. The first-order valence-corrected chi connectivity index (χ1v) is 14.4. The lowest BCUT2D eigenvalue weighted by molar-refractivity contribution is 0.222. The minimum atomic E-state index is 0.782. The van der Waals surface area contributed by atoms with Crippen molar-refractivity contribution >= 4 is 10.8 Å². The van der Waals surface area contributed by atoms with Crippen molar-refractivity contribution in [3.05, 3.63) is 60.2 Å². The largest absolute Gasteiger partial charge is 0.103 e. The van der Waals surface area contributed by atoms with Gasteiger partial charge in [0.25, 0.3) is 0 Å². The molecule has 0 atom stereocenters. The Labute approximate surface area is 204 Å². The second-order valence-corrected chi connectivity index (χ2v) is 11.4. The molecular formula is C33H48. The van der Waals surface area contributed by atoms with Gasteiger partial charge in [0, 0.05) is 0 Å². The van der Waals surface area contributed by atoms with Gasteiger partial charge in [0.1, 0.15) is 0 Å². The Balaban J connectivity index is 1.19. The number of rotatable bonds is 11. The summed E-state index contributed by atoms with van der Waals surface area (Å²) < 4.78 is 0. The summed E-state index contributed by atoms with van der Waals surface area (Å²) in [6, 6.07) is 14.3. The predicted octanol–water partition coefficient (Wildman–Crippen LogP) is 10.4. The predicted molar refractivity (Wildman–Crippen MR) is 146 cm³/mol. The summed E-state index contributed by atoms with van der Waals surface area (Å²) in [6.07, 6.45) is 24.8. The van der Waals surface area contributed by atoms with Gasteiger partial charge in [-0.1, -0.05) is 114 Å². The standard InChI is InChI=1S/C33H48/c1-3-5-7-9-26-10-12-27(13-11-26)14-15-28-16-19-30(20-17-28)32-23-22-31-24-29(8-6-4-2)18-21-33(31)25-32/h4,18,21-28,30H,2-3,5-17,19-20H2,1H3. The molecule has 0 unspecified atom stereocenters. The molecule has 2 fully saturated rings. The zero-order valence-electron chi connectivity index (χ0n) is 21.4. The van der Waals surface area contributed by atoms with Crippen LogP contribution in [0.25, 0.3) is 10.8 Å². The molecule has 0 heteroatoms. The average molecular weight is 445 g/mol. The smallest absolute Gasteiger partial charge is 0.0162 e. The van der Waals surface area contributed by atoms with E-state index in [1.54, 1.807) is 5.56 Å². The summed E-state index contributed by atoms with van der Waals surface area (Å²) in [7, 11) is 0. The van der Waals surface area contributed by atoms with Crippen LogP contribution in [0.1, 0.15) is 120 Å². The van der Waals surface area contributed by atoms with E-state index in [1.807, 2.05) is 6.08 Å². The third-order valence-electron chi connectivity index (χ3n) is 9.05. The van der Waals surface area contributed by atoms with Crippen molar-refractivity contribution in [2.45, 2.75) is 116 Å². The van der Waals surface area contributed by atoms with Crippen molar-refractivity contribution in [2.24, 2.45) is 17.8 Å². The number of unbranched alkanes of at least 4 members (excludes halogenated alkanes) is 2. The SMILES string of the molecule is C=CCCc1ccc2cc(C3CCC(CCC4CCC(CCCCC)CC4)CC3)ccc2c1. The fourth-order valence-corrected chi connectivity index (χ4v) is 6.74. The highest BCUT2D eigenvalue weighted by Crippen LogP contribution is 2.41. The lowest BCUT2D eigenvalue weighted by atomic mass is 9.74. The van der Waals surface area contributed by atoms with Crippen LogP contribution in [0.3, 0.4) is 0 Å². The number of benzene rings is 2. The summed E-state index contributed by atoms with van der Waals surface area (Å²) >= 11 is 0. The summed E-state index contributed by atoms with van der Waals surface area (Å²) in [6.45, 7) is 6.18. The van der Waals surface area contributed by atoms with Crippen LogP contribution in [-0.2, 0) is 6.42 Å². The van der Waals surface area contributed by atoms with Crippen LogP contribution in [-0.4, -0.2) is 0 Å². The van der Waals surface area contributed by atoms with Crippen LogP contribution in [0.15, 0.2) is 49.1 Å². The first-order chi connectivity index (χ1) is 16.2. The van der Waals surface area contributed by atoms with E-state index in [0.29, 0.717) is 0 Å². The molecule has 0 bridgehead atoms. The highest BCUT2D eigenvalue weighted by molar-refractivity contribution is 5.84. The summed E-state index contributed by atoms with van der Waals surface area (Å²) in [4.78, 5) is 0. The molecule has 2 aromatic carbocycles. The molecule has 0 aliphatic heterocycles. The molecule has 0 nitrogen and oxygen atoms in total. The number of fused-ring (bicyclic) bond motifs is 1. The van der Waals surface area contributed by atoms with Crippen LogP contribution in [0.5, 0.6) is 0 Å². The number of hydrogen-bond donors (Lipinski definition) is 0. The van der Waals surface area contributed by atoms with E-state index in [1.165, 1.54) is 106 Å². The second-order valence-electron chi connectivity index (χ2n) is 11.4. The van der Waals surface area contributed by atoms with Crippen molar-refractivity contribution < 1.29 is 0 Å². The average Bonchev–Trinajstić information content (AvgIpc) is 2.87. The molecule has 0 N–H and O–H groups in total. The highest BCUT2D eigenvalue weighted by atomic mass is 14.3. The van der Waals surface area contributed by atoms with E-state index in [9.17, 15) is 0 Å². The first-order valence-electron chi connectivity index (χ1n) is 14.4. The third-order valence-corrected chi connectivity index (χ3v) is 9.05. The Hall–Kier alpha value is -1.56. The van der Waals surface area contributed by atoms with E-state index >= 15 is 0 Å². The molecule has 0 aromatic heterocycles. The maximum atomic E-state index is 3.86. The topological polar surface area (TPSA) is 0 Å². The van der Waals surface area contributed by atoms with Gasteiger partial charge < -0.3 is 0 Å².